The highest BCUT2D eigenvalue weighted by Crippen LogP contribution is 1.98. The lowest BCUT2D eigenvalue weighted by molar-refractivity contribution is 0.384. The smallest absolute Gasteiger partial charge is 0.0568 e. The normalized spacial score (nSPS) is 18.8. The fraction of sp³-hybridized carbons (Fsp3) is 0.500. The van der Waals surface area contributed by atoms with Gasteiger partial charge >= 0.3 is 0 Å². The largest absolute Gasteiger partial charge is 0.296 e. The van der Waals surface area contributed by atoms with Crippen LogP contribution in [-0.4, -0.2) is 24.8 Å². The second-order valence-electron chi connectivity index (χ2n) is 2.09. The number of rotatable bonds is 0. The van der Waals surface area contributed by atoms with Crippen molar-refractivity contribution in [3.05, 3.63) is 11.6 Å². The summed E-state index contributed by atoms with van der Waals surface area (Å²) >= 11 is 0. The van der Waals surface area contributed by atoms with Gasteiger partial charge in [-0.3, -0.25) is 5.01 Å². The topological polar surface area (TPSA) is 15.6 Å². The van der Waals surface area contributed by atoms with E-state index >= 15 is 0 Å². The molecule has 2 heteroatoms. The Morgan fingerprint density at radius 2 is 2.50 bits per heavy atom. The predicted octanol–water partition coefficient (Wildman–Crippen LogP) is 0.864. The fourth-order valence-electron chi connectivity index (χ4n) is 0.729. The maximum absolute atomic E-state index is 4.01. The molecule has 8 heavy (non-hydrogen) atoms. The lowest BCUT2D eigenvalue weighted by Gasteiger charge is -2.15. The van der Waals surface area contributed by atoms with Crippen LogP contribution in [0.2, 0.25) is 0 Å². The van der Waals surface area contributed by atoms with Crippen LogP contribution in [0.25, 0.3) is 0 Å². The van der Waals surface area contributed by atoms with Crippen LogP contribution in [0.4, 0.5) is 0 Å². The number of hydrogen-bond acceptors (Lipinski definition) is 2. The maximum Gasteiger partial charge on any atom is 0.0568 e. The highest BCUT2D eigenvalue weighted by Gasteiger charge is 1.96. The molecule has 1 aliphatic rings. The van der Waals surface area contributed by atoms with Gasteiger partial charge in [-0.25, -0.2) is 0 Å². The van der Waals surface area contributed by atoms with Crippen molar-refractivity contribution in [2.24, 2.45) is 5.10 Å². The fourth-order valence-corrected chi connectivity index (χ4v) is 0.729. The average Bonchev–Trinajstić information content (AvgIpc) is 1.64. The van der Waals surface area contributed by atoms with E-state index in [9.17, 15) is 0 Å². The van der Waals surface area contributed by atoms with Crippen molar-refractivity contribution >= 4 is 6.21 Å². The summed E-state index contributed by atoms with van der Waals surface area (Å²) in [5.74, 6) is 0. The molecule has 1 rings (SSSR count). The predicted molar refractivity (Wildman–Crippen MR) is 34.9 cm³/mol. The first kappa shape index (κ1) is 5.35. The molecular weight excluding hydrogens is 100 g/mol. The van der Waals surface area contributed by atoms with Crippen molar-refractivity contribution in [1.82, 2.24) is 5.01 Å². The third-order valence-corrected chi connectivity index (χ3v) is 1.10. The molecule has 0 saturated heterocycles. The molecule has 0 aromatic carbocycles. The van der Waals surface area contributed by atoms with Gasteiger partial charge in [0, 0.05) is 13.3 Å². The molecule has 0 aliphatic carbocycles. The summed E-state index contributed by atoms with van der Waals surface area (Å²) < 4.78 is 0. The molecule has 0 aromatic rings. The maximum atomic E-state index is 4.01. The van der Waals surface area contributed by atoms with Gasteiger partial charge in [0.2, 0.25) is 0 Å². The summed E-state index contributed by atoms with van der Waals surface area (Å²) in [6.07, 6.45) is 3.85. The Morgan fingerprint density at radius 3 is 2.88 bits per heavy atom. The van der Waals surface area contributed by atoms with Crippen LogP contribution < -0.4 is 0 Å². The van der Waals surface area contributed by atoms with E-state index in [1.54, 1.807) is 0 Å². The van der Waals surface area contributed by atoms with Crippen molar-refractivity contribution in [2.75, 3.05) is 13.6 Å². The van der Waals surface area contributed by atoms with Gasteiger partial charge in [-0.15, -0.1) is 0 Å². The Kier molecular flexibility index (Phi) is 1.33. The van der Waals surface area contributed by atoms with Crippen LogP contribution in [-0.2, 0) is 0 Å². The number of hydrazone groups is 1. The van der Waals surface area contributed by atoms with Gasteiger partial charge in [0.25, 0.3) is 0 Å². The van der Waals surface area contributed by atoms with Crippen molar-refractivity contribution in [1.29, 1.82) is 0 Å². The van der Waals surface area contributed by atoms with Gasteiger partial charge in [0.1, 0.15) is 0 Å². The van der Waals surface area contributed by atoms with Crippen LogP contribution >= 0.6 is 0 Å². The zero-order chi connectivity index (χ0) is 5.98. The van der Waals surface area contributed by atoms with E-state index in [1.165, 1.54) is 5.57 Å². The van der Waals surface area contributed by atoms with Crippen LogP contribution in [0.3, 0.4) is 0 Å². The van der Waals surface area contributed by atoms with Crippen LogP contribution in [0, 0.1) is 0 Å². The zero-order valence-corrected chi connectivity index (χ0v) is 5.26. The Morgan fingerprint density at radius 1 is 1.75 bits per heavy atom. The summed E-state index contributed by atoms with van der Waals surface area (Å²) in [7, 11) is 1.97. The first-order chi connectivity index (χ1) is 3.79. The Bertz CT molecular complexity index is 135. The highest BCUT2D eigenvalue weighted by molar-refractivity contribution is 5.72. The van der Waals surface area contributed by atoms with E-state index < -0.39 is 0 Å². The molecule has 0 aromatic heterocycles. The second-order valence-corrected chi connectivity index (χ2v) is 2.09. The molecule has 0 fully saturated rings. The molecule has 0 spiro atoms. The molecule has 0 N–H and O–H groups in total. The Labute approximate surface area is 49.5 Å². The molecule has 1 aliphatic heterocycles. The molecule has 0 saturated carbocycles. The average molecular weight is 110 g/mol. The minimum Gasteiger partial charge on any atom is -0.296 e. The van der Waals surface area contributed by atoms with E-state index in [1.807, 2.05) is 24.3 Å². The van der Waals surface area contributed by atoms with Crippen LogP contribution in [0.15, 0.2) is 16.8 Å². The Hall–Kier alpha value is -0.790. The SMILES string of the molecule is CC1=CC=NN(C)C1. The first-order valence-corrected chi connectivity index (χ1v) is 2.70. The number of allylic oxidation sites excluding steroid dienone is 1. The van der Waals surface area contributed by atoms with Crippen LogP contribution in [0.1, 0.15) is 6.92 Å². The van der Waals surface area contributed by atoms with E-state index in [-0.39, 0.29) is 0 Å². The molecule has 0 unspecified atom stereocenters. The minimum absolute atomic E-state index is 0.969. The summed E-state index contributed by atoms with van der Waals surface area (Å²) in [6.45, 7) is 3.07. The second kappa shape index (κ2) is 1.99. The lowest BCUT2D eigenvalue weighted by Crippen LogP contribution is -2.16. The summed E-state index contributed by atoms with van der Waals surface area (Å²) in [4.78, 5) is 0. The van der Waals surface area contributed by atoms with Crippen molar-refractivity contribution < 1.29 is 0 Å². The monoisotopic (exact) mass is 110 g/mol. The molecule has 0 bridgehead atoms. The summed E-state index contributed by atoms with van der Waals surface area (Å²) in [5.41, 5.74) is 1.36. The molecule has 2 nitrogen and oxygen atoms in total. The van der Waals surface area contributed by atoms with Crippen LogP contribution in [0.5, 0.6) is 0 Å². The van der Waals surface area contributed by atoms with Gasteiger partial charge < -0.3 is 0 Å². The molecular formula is C6H10N2. The third-order valence-electron chi connectivity index (χ3n) is 1.10. The van der Waals surface area contributed by atoms with Gasteiger partial charge in [-0.1, -0.05) is 5.57 Å². The van der Waals surface area contributed by atoms with E-state index in [0.717, 1.165) is 6.54 Å². The first-order valence-electron chi connectivity index (χ1n) is 2.70. The zero-order valence-electron chi connectivity index (χ0n) is 5.26. The van der Waals surface area contributed by atoms with E-state index in [0.29, 0.717) is 0 Å². The van der Waals surface area contributed by atoms with Gasteiger partial charge in [0.05, 0.1) is 6.54 Å². The minimum atomic E-state index is 0.969. The molecule has 1 heterocycles. The van der Waals surface area contributed by atoms with Gasteiger partial charge in [0.15, 0.2) is 0 Å². The van der Waals surface area contributed by atoms with Gasteiger partial charge in [-0.05, 0) is 13.0 Å². The van der Waals surface area contributed by atoms with Gasteiger partial charge in [-0.2, -0.15) is 5.10 Å². The summed E-state index contributed by atoms with van der Waals surface area (Å²) in [6, 6.07) is 0. The standard InChI is InChI=1S/C6H10N2/c1-6-3-4-7-8(2)5-6/h3-4H,5H2,1-2H3. The van der Waals surface area contributed by atoms with E-state index in [4.69, 9.17) is 0 Å². The Balaban J connectivity index is 2.59. The van der Waals surface area contributed by atoms with Crippen molar-refractivity contribution in [2.45, 2.75) is 6.92 Å². The third kappa shape index (κ3) is 1.09. The number of nitrogens with zero attached hydrogens (tertiary/aromatic N) is 2. The summed E-state index contributed by atoms with van der Waals surface area (Å²) in [5, 5.41) is 5.92. The van der Waals surface area contributed by atoms with E-state index in [2.05, 4.69) is 12.0 Å². The molecule has 0 amide bonds. The highest BCUT2D eigenvalue weighted by atomic mass is 15.4. The molecule has 0 radical (unpaired) electrons. The van der Waals surface area contributed by atoms with Crippen molar-refractivity contribution in [3.8, 4) is 0 Å². The number of likely N-dealkylation sites (N-methyl/N-ethyl adjacent to an activating group) is 1. The van der Waals surface area contributed by atoms with Crippen molar-refractivity contribution in [3.63, 3.8) is 0 Å². The lowest BCUT2D eigenvalue weighted by atomic mass is 10.3. The quantitative estimate of drug-likeness (QED) is 0.451. The molecule has 44 valence electrons. The molecule has 0 atom stereocenters. The number of hydrogen-bond donors (Lipinski definition) is 0.